The second-order valence-electron chi connectivity index (χ2n) is 3.70. The first-order valence-electron chi connectivity index (χ1n) is 5.12. The van der Waals surface area contributed by atoms with Crippen LogP contribution in [0.1, 0.15) is 30.1 Å². The number of allylic oxidation sites excluding steroid dienone is 2. The summed E-state index contributed by atoms with van der Waals surface area (Å²) in [6, 6.07) is 9.53. The van der Waals surface area contributed by atoms with E-state index in [2.05, 4.69) is 13.0 Å². The van der Waals surface area contributed by atoms with Crippen LogP contribution >= 0.6 is 0 Å². The highest BCUT2D eigenvalue weighted by molar-refractivity contribution is 6.03. The average molecular weight is 186 g/mol. The van der Waals surface area contributed by atoms with Gasteiger partial charge in [-0.15, -0.1) is 0 Å². The van der Waals surface area contributed by atoms with E-state index in [0.29, 0.717) is 0 Å². The van der Waals surface area contributed by atoms with Crippen LogP contribution in [0.15, 0.2) is 42.0 Å². The number of benzene rings is 1. The molecule has 1 aliphatic carbocycles. The van der Waals surface area contributed by atoms with Gasteiger partial charge in [0.05, 0.1) is 5.92 Å². The van der Waals surface area contributed by atoms with E-state index >= 15 is 0 Å². The Bertz CT molecular complexity index is 362. The highest BCUT2D eigenvalue weighted by Gasteiger charge is 2.31. The van der Waals surface area contributed by atoms with Gasteiger partial charge in [0.25, 0.3) is 0 Å². The molecule has 1 aromatic rings. The Morgan fingerprint density at radius 2 is 2.00 bits per heavy atom. The normalized spacial score (nSPS) is 18.9. The first-order chi connectivity index (χ1) is 6.83. The zero-order valence-corrected chi connectivity index (χ0v) is 8.36. The van der Waals surface area contributed by atoms with Gasteiger partial charge in [0.1, 0.15) is 0 Å². The molecule has 1 unspecified atom stereocenters. The van der Waals surface area contributed by atoms with Gasteiger partial charge >= 0.3 is 0 Å². The van der Waals surface area contributed by atoms with Gasteiger partial charge in [-0.25, -0.2) is 0 Å². The number of Topliss-reactive ketones (excluding diaryl/α,β-unsaturated/α-hetero) is 1. The van der Waals surface area contributed by atoms with Crippen LogP contribution in [0.25, 0.3) is 0 Å². The molecule has 0 heterocycles. The Hall–Kier alpha value is -1.37. The predicted molar refractivity (Wildman–Crippen MR) is 57.3 cm³/mol. The van der Waals surface area contributed by atoms with Crippen molar-refractivity contribution in [2.45, 2.75) is 19.8 Å². The molecule has 0 spiro atoms. The summed E-state index contributed by atoms with van der Waals surface area (Å²) < 4.78 is 0. The third kappa shape index (κ3) is 1.77. The molecule has 72 valence electrons. The van der Waals surface area contributed by atoms with Crippen LogP contribution in [-0.4, -0.2) is 5.78 Å². The number of carbonyl (C=O) groups is 1. The third-order valence-corrected chi connectivity index (χ3v) is 2.55. The minimum atomic E-state index is 0.123. The lowest BCUT2D eigenvalue weighted by atomic mass is 10.0. The fourth-order valence-electron chi connectivity index (χ4n) is 1.72. The molecule has 1 nitrogen and oxygen atoms in total. The molecule has 0 saturated heterocycles. The molecule has 0 N–H and O–H groups in total. The fraction of sp³-hybridized carbons (Fsp3) is 0.308. The van der Waals surface area contributed by atoms with Crippen LogP contribution in [0.2, 0.25) is 0 Å². The van der Waals surface area contributed by atoms with Gasteiger partial charge in [0.2, 0.25) is 0 Å². The zero-order valence-electron chi connectivity index (χ0n) is 8.36. The highest BCUT2D eigenvalue weighted by Crippen LogP contribution is 2.35. The lowest BCUT2D eigenvalue weighted by Crippen LogP contribution is -2.03. The molecule has 1 aromatic carbocycles. The van der Waals surface area contributed by atoms with E-state index in [0.717, 1.165) is 18.4 Å². The minimum absolute atomic E-state index is 0.123. The number of hydrogen-bond acceptors (Lipinski definition) is 1. The molecule has 0 fully saturated rings. The summed E-state index contributed by atoms with van der Waals surface area (Å²) in [5.41, 5.74) is 2.15. The van der Waals surface area contributed by atoms with Crippen molar-refractivity contribution in [2.75, 3.05) is 0 Å². The molecule has 2 rings (SSSR count). The van der Waals surface area contributed by atoms with E-state index in [-0.39, 0.29) is 11.7 Å². The number of ketones is 1. The SMILES string of the molecule is CCCC1=CC1C(=O)c1ccccc1. The van der Waals surface area contributed by atoms with E-state index in [1.54, 1.807) is 0 Å². The summed E-state index contributed by atoms with van der Waals surface area (Å²) in [6.45, 7) is 2.14. The molecular formula is C13H14O. The Morgan fingerprint density at radius 1 is 1.29 bits per heavy atom. The van der Waals surface area contributed by atoms with Crippen molar-refractivity contribution in [1.82, 2.24) is 0 Å². The van der Waals surface area contributed by atoms with Crippen molar-refractivity contribution in [2.24, 2.45) is 5.92 Å². The predicted octanol–water partition coefficient (Wildman–Crippen LogP) is 3.23. The van der Waals surface area contributed by atoms with Crippen LogP contribution < -0.4 is 0 Å². The Balaban J connectivity index is 2.00. The van der Waals surface area contributed by atoms with Crippen molar-refractivity contribution >= 4 is 5.78 Å². The first-order valence-corrected chi connectivity index (χ1v) is 5.12. The van der Waals surface area contributed by atoms with Gasteiger partial charge in [-0.2, -0.15) is 0 Å². The first kappa shape index (κ1) is 9.20. The quantitative estimate of drug-likeness (QED) is 0.521. The topological polar surface area (TPSA) is 17.1 Å². The largest absolute Gasteiger partial charge is 0.293 e. The van der Waals surface area contributed by atoms with Crippen molar-refractivity contribution in [1.29, 1.82) is 0 Å². The Morgan fingerprint density at radius 3 is 2.64 bits per heavy atom. The Labute approximate surface area is 84.5 Å². The molecule has 0 saturated carbocycles. The van der Waals surface area contributed by atoms with Gasteiger partial charge in [0, 0.05) is 5.56 Å². The van der Waals surface area contributed by atoms with Gasteiger partial charge in [-0.1, -0.05) is 55.3 Å². The van der Waals surface area contributed by atoms with Crippen LogP contribution in [-0.2, 0) is 0 Å². The van der Waals surface area contributed by atoms with E-state index in [4.69, 9.17) is 0 Å². The molecule has 0 amide bonds. The molecule has 0 bridgehead atoms. The van der Waals surface area contributed by atoms with Crippen LogP contribution in [0.4, 0.5) is 0 Å². The van der Waals surface area contributed by atoms with E-state index in [1.807, 2.05) is 30.3 Å². The lowest BCUT2D eigenvalue weighted by Gasteiger charge is -1.99. The summed E-state index contributed by atoms with van der Waals surface area (Å²) >= 11 is 0. The van der Waals surface area contributed by atoms with Crippen molar-refractivity contribution in [3.63, 3.8) is 0 Å². The van der Waals surface area contributed by atoms with E-state index < -0.39 is 0 Å². The fourth-order valence-corrected chi connectivity index (χ4v) is 1.72. The number of carbonyl (C=O) groups excluding carboxylic acids is 1. The van der Waals surface area contributed by atoms with Gasteiger partial charge in [-0.05, 0) is 6.42 Å². The Kier molecular flexibility index (Phi) is 2.49. The lowest BCUT2D eigenvalue weighted by molar-refractivity contribution is 0.0974. The minimum Gasteiger partial charge on any atom is -0.293 e. The summed E-state index contributed by atoms with van der Waals surface area (Å²) in [5.74, 6) is 0.381. The maximum Gasteiger partial charge on any atom is 0.173 e. The van der Waals surface area contributed by atoms with Crippen LogP contribution in [0.3, 0.4) is 0 Å². The van der Waals surface area contributed by atoms with Crippen molar-refractivity contribution in [3.05, 3.63) is 47.5 Å². The average Bonchev–Trinajstić information content (AvgIpc) is 2.98. The highest BCUT2D eigenvalue weighted by atomic mass is 16.1. The van der Waals surface area contributed by atoms with Crippen molar-refractivity contribution < 1.29 is 4.79 Å². The van der Waals surface area contributed by atoms with Crippen molar-refractivity contribution in [3.8, 4) is 0 Å². The van der Waals surface area contributed by atoms with E-state index in [1.165, 1.54) is 5.57 Å². The summed E-state index contributed by atoms with van der Waals surface area (Å²) in [6.07, 6.45) is 4.28. The molecule has 0 aromatic heterocycles. The van der Waals surface area contributed by atoms with E-state index in [9.17, 15) is 4.79 Å². The number of rotatable bonds is 4. The summed E-state index contributed by atoms with van der Waals surface area (Å²) in [7, 11) is 0. The smallest absolute Gasteiger partial charge is 0.173 e. The van der Waals surface area contributed by atoms with Gasteiger partial charge < -0.3 is 0 Å². The molecule has 14 heavy (non-hydrogen) atoms. The standard InChI is InChI=1S/C13H14O/c1-2-6-11-9-12(11)13(14)10-7-4-3-5-8-10/h3-5,7-9,12H,2,6H2,1H3. The summed E-state index contributed by atoms with van der Waals surface area (Å²) in [4.78, 5) is 11.8. The summed E-state index contributed by atoms with van der Waals surface area (Å²) in [5, 5.41) is 0. The molecule has 1 aliphatic rings. The maximum atomic E-state index is 11.8. The van der Waals surface area contributed by atoms with Gasteiger partial charge in [0.15, 0.2) is 5.78 Å². The van der Waals surface area contributed by atoms with Crippen LogP contribution in [0.5, 0.6) is 0 Å². The van der Waals surface area contributed by atoms with Gasteiger partial charge in [-0.3, -0.25) is 4.79 Å². The molecule has 0 radical (unpaired) electrons. The third-order valence-electron chi connectivity index (χ3n) is 2.55. The maximum absolute atomic E-state index is 11.8. The molecule has 1 atom stereocenters. The number of hydrogen-bond donors (Lipinski definition) is 0. The monoisotopic (exact) mass is 186 g/mol. The second-order valence-corrected chi connectivity index (χ2v) is 3.70. The molecular weight excluding hydrogens is 172 g/mol. The molecule has 1 heteroatoms. The molecule has 0 aliphatic heterocycles. The second kappa shape index (κ2) is 3.79. The van der Waals surface area contributed by atoms with Crippen LogP contribution in [0, 0.1) is 5.92 Å². The zero-order chi connectivity index (χ0) is 9.97.